The van der Waals surface area contributed by atoms with Gasteiger partial charge in [-0.15, -0.1) is 0 Å². The van der Waals surface area contributed by atoms with E-state index in [1.165, 1.54) is 0 Å². The summed E-state index contributed by atoms with van der Waals surface area (Å²) in [7, 11) is 0. The van der Waals surface area contributed by atoms with E-state index in [2.05, 4.69) is 0 Å². The van der Waals surface area contributed by atoms with Gasteiger partial charge in [0.1, 0.15) is 11.5 Å². The summed E-state index contributed by atoms with van der Waals surface area (Å²) in [6.45, 7) is 0. The number of hydrogen-bond donors (Lipinski definition) is 1. The van der Waals surface area contributed by atoms with E-state index in [9.17, 15) is 14.7 Å². The van der Waals surface area contributed by atoms with Crippen LogP contribution in [-0.2, 0) is 9.59 Å². The predicted molar refractivity (Wildman–Crippen MR) is 89.2 cm³/mol. The summed E-state index contributed by atoms with van der Waals surface area (Å²) >= 11 is 6.15. The first-order valence-corrected chi connectivity index (χ1v) is 8.63. The number of carbonyl (C=O) groups excluding carboxylic acids is 2. The standard InChI is InChI=1S/C19H17ClO4/c20-10-7-8-15-11(9-10)17(18-12(21)3-1-4-13(18)22)19-14(23)5-2-6-16(19)24-15/h7-9,17,21H,1-6H2. The van der Waals surface area contributed by atoms with Gasteiger partial charge in [0.05, 0.1) is 11.7 Å². The Morgan fingerprint density at radius 1 is 1.00 bits per heavy atom. The number of fused-ring (bicyclic) bond motifs is 1. The number of rotatable bonds is 1. The third-order valence-corrected chi connectivity index (χ3v) is 5.17. The highest BCUT2D eigenvalue weighted by atomic mass is 35.5. The predicted octanol–water partition coefficient (Wildman–Crippen LogP) is 4.39. The maximum absolute atomic E-state index is 12.6. The summed E-state index contributed by atoms with van der Waals surface area (Å²) in [5, 5.41) is 10.9. The number of aliphatic hydroxyl groups is 1. The highest BCUT2D eigenvalue weighted by Crippen LogP contribution is 2.49. The van der Waals surface area contributed by atoms with E-state index in [-0.39, 0.29) is 17.3 Å². The summed E-state index contributed by atoms with van der Waals surface area (Å²) < 4.78 is 5.94. The molecule has 1 atom stereocenters. The number of benzene rings is 1. The molecule has 24 heavy (non-hydrogen) atoms. The van der Waals surface area contributed by atoms with Crippen LogP contribution in [0.3, 0.4) is 0 Å². The molecule has 1 N–H and O–H groups in total. The molecule has 1 heterocycles. The zero-order valence-corrected chi connectivity index (χ0v) is 13.9. The average molecular weight is 345 g/mol. The van der Waals surface area contributed by atoms with Crippen LogP contribution in [0.25, 0.3) is 0 Å². The SMILES string of the molecule is O=C1CCCC(O)=C1C1C2=C(CCCC2=O)Oc2ccc(Cl)cc21. The Morgan fingerprint density at radius 2 is 1.71 bits per heavy atom. The molecule has 4 rings (SSSR count). The molecule has 1 aromatic carbocycles. The molecule has 0 amide bonds. The normalized spacial score (nSPS) is 23.8. The van der Waals surface area contributed by atoms with Crippen molar-refractivity contribution >= 4 is 23.2 Å². The lowest BCUT2D eigenvalue weighted by atomic mass is 9.73. The van der Waals surface area contributed by atoms with Gasteiger partial charge in [0.2, 0.25) is 0 Å². The highest BCUT2D eigenvalue weighted by molar-refractivity contribution is 6.30. The lowest BCUT2D eigenvalue weighted by molar-refractivity contribution is -0.117. The minimum Gasteiger partial charge on any atom is -0.512 e. The van der Waals surface area contributed by atoms with Crippen LogP contribution in [0.5, 0.6) is 5.75 Å². The Kier molecular flexibility index (Phi) is 3.72. The lowest BCUT2D eigenvalue weighted by Crippen LogP contribution is -2.29. The van der Waals surface area contributed by atoms with Crippen molar-refractivity contribution in [3.8, 4) is 5.75 Å². The van der Waals surface area contributed by atoms with Crippen molar-refractivity contribution in [3.05, 3.63) is 51.4 Å². The van der Waals surface area contributed by atoms with Crippen molar-refractivity contribution in [2.75, 3.05) is 0 Å². The fraction of sp³-hybridized carbons (Fsp3) is 0.368. The molecule has 3 aliphatic rings. The smallest absolute Gasteiger partial charge is 0.163 e. The molecule has 0 fully saturated rings. The third-order valence-electron chi connectivity index (χ3n) is 4.93. The molecule has 5 heteroatoms. The van der Waals surface area contributed by atoms with Crippen molar-refractivity contribution < 1.29 is 19.4 Å². The quantitative estimate of drug-likeness (QED) is 0.820. The number of aliphatic hydroxyl groups excluding tert-OH is 1. The number of Topliss-reactive ketones (excluding diaryl/α,β-unsaturated/α-hetero) is 2. The Balaban J connectivity index is 1.97. The monoisotopic (exact) mass is 344 g/mol. The fourth-order valence-corrected chi connectivity index (χ4v) is 4.04. The van der Waals surface area contributed by atoms with Crippen LogP contribution < -0.4 is 4.74 Å². The third kappa shape index (κ3) is 2.37. The molecule has 0 aromatic heterocycles. The number of allylic oxidation sites excluding steroid dienone is 4. The van der Waals surface area contributed by atoms with Gasteiger partial charge in [-0.25, -0.2) is 0 Å². The number of ketones is 2. The van der Waals surface area contributed by atoms with E-state index < -0.39 is 5.92 Å². The van der Waals surface area contributed by atoms with Crippen LogP contribution in [0.1, 0.15) is 50.0 Å². The van der Waals surface area contributed by atoms with Crippen LogP contribution >= 0.6 is 11.6 Å². The molecule has 1 unspecified atom stereocenters. The van der Waals surface area contributed by atoms with Gasteiger partial charge in [0.25, 0.3) is 0 Å². The second kappa shape index (κ2) is 5.78. The summed E-state index contributed by atoms with van der Waals surface area (Å²) in [4.78, 5) is 25.2. The number of carbonyl (C=O) groups is 2. The highest BCUT2D eigenvalue weighted by Gasteiger charge is 2.41. The molecule has 0 saturated carbocycles. The number of halogens is 1. The first-order chi connectivity index (χ1) is 11.6. The van der Waals surface area contributed by atoms with Gasteiger partial charge < -0.3 is 9.84 Å². The van der Waals surface area contributed by atoms with Crippen molar-refractivity contribution in [1.82, 2.24) is 0 Å². The number of hydrogen-bond acceptors (Lipinski definition) is 4. The lowest BCUT2D eigenvalue weighted by Gasteiger charge is -2.34. The van der Waals surface area contributed by atoms with Gasteiger partial charge in [-0.2, -0.15) is 0 Å². The van der Waals surface area contributed by atoms with Crippen LogP contribution in [0.2, 0.25) is 5.02 Å². The number of ether oxygens (including phenoxy) is 1. The Hall–Kier alpha value is -2.07. The fourth-order valence-electron chi connectivity index (χ4n) is 3.86. The minimum atomic E-state index is -0.567. The molecule has 2 aliphatic carbocycles. The molecule has 0 radical (unpaired) electrons. The van der Waals surface area contributed by atoms with Crippen molar-refractivity contribution in [2.24, 2.45) is 0 Å². The van der Waals surface area contributed by atoms with E-state index in [1.807, 2.05) is 0 Å². The van der Waals surface area contributed by atoms with E-state index in [1.54, 1.807) is 18.2 Å². The molecule has 1 aliphatic heterocycles. The van der Waals surface area contributed by atoms with Gasteiger partial charge in [-0.1, -0.05) is 11.6 Å². The van der Waals surface area contributed by atoms with Crippen molar-refractivity contribution in [1.29, 1.82) is 0 Å². The van der Waals surface area contributed by atoms with E-state index >= 15 is 0 Å². The first kappa shape index (κ1) is 15.5. The van der Waals surface area contributed by atoms with Crippen molar-refractivity contribution in [2.45, 2.75) is 44.4 Å². The summed E-state index contributed by atoms with van der Waals surface area (Å²) in [5.74, 6) is 0.658. The average Bonchev–Trinajstić information content (AvgIpc) is 2.54. The van der Waals surface area contributed by atoms with Crippen LogP contribution in [-0.4, -0.2) is 16.7 Å². The molecule has 124 valence electrons. The van der Waals surface area contributed by atoms with E-state index in [0.29, 0.717) is 65.3 Å². The summed E-state index contributed by atoms with van der Waals surface area (Å²) in [5.41, 5.74) is 1.55. The van der Waals surface area contributed by atoms with Crippen LogP contribution in [0.15, 0.2) is 40.9 Å². The Labute approximate surface area is 144 Å². The molecule has 1 aromatic rings. The van der Waals surface area contributed by atoms with Crippen molar-refractivity contribution in [3.63, 3.8) is 0 Å². The van der Waals surface area contributed by atoms with Gasteiger partial charge in [-0.3, -0.25) is 9.59 Å². The van der Waals surface area contributed by atoms with E-state index in [4.69, 9.17) is 16.3 Å². The minimum absolute atomic E-state index is 0.00875. The maximum Gasteiger partial charge on any atom is 0.163 e. The van der Waals surface area contributed by atoms with Gasteiger partial charge in [-0.05, 0) is 31.0 Å². The zero-order chi connectivity index (χ0) is 16.8. The summed E-state index contributed by atoms with van der Waals surface area (Å²) in [6, 6.07) is 5.22. The molecule has 0 saturated heterocycles. The molecular weight excluding hydrogens is 328 g/mol. The summed E-state index contributed by atoms with van der Waals surface area (Å²) in [6.07, 6.45) is 3.35. The molecule has 0 bridgehead atoms. The molecule has 0 spiro atoms. The topological polar surface area (TPSA) is 63.6 Å². The van der Waals surface area contributed by atoms with Crippen LogP contribution in [0.4, 0.5) is 0 Å². The molecule has 4 nitrogen and oxygen atoms in total. The molecular formula is C19H17ClO4. The van der Waals surface area contributed by atoms with Gasteiger partial charge >= 0.3 is 0 Å². The zero-order valence-electron chi connectivity index (χ0n) is 13.1. The van der Waals surface area contributed by atoms with Gasteiger partial charge in [0.15, 0.2) is 11.6 Å². The van der Waals surface area contributed by atoms with Crippen LogP contribution in [0, 0.1) is 0 Å². The largest absolute Gasteiger partial charge is 0.512 e. The maximum atomic E-state index is 12.6. The van der Waals surface area contributed by atoms with E-state index in [0.717, 1.165) is 6.42 Å². The Bertz CT molecular complexity index is 819. The second-order valence-corrected chi connectivity index (χ2v) is 6.90. The second-order valence-electron chi connectivity index (χ2n) is 6.47. The first-order valence-electron chi connectivity index (χ1n) is 8.25. The van der Waals surface area contributed by atoms with Gasteiger partial charge in [0, 0.05) is 47.4 Å². The Morgan fingerprint density at radius 3 is 2.46 bits per heavy atom.